The summed E-state index contributed by atoms with van der Waals surface area (Å²) in [4.78, 5) is 39.5. The third-order valence-corrected chi connectivity index (χ3v) is 5.36. The number of amides is 3. The van der Waals surface area contributed by atoms with Gasteiger partial charge >= 0.3 is 0 Å². The molecule has 4 rings (SSSR count). The molecule has 1 saturated carbocycles. The maximum Gasteiger partial charge on any atom is 0.253 e. The van der Waals surface area contributed by atoms with Crippen molar-refractivity contribution in [3.05, 3.63) is 54.1 Å². The average Bonchev–Trinajstić information content (AvgIpc) is 3.47. The first-order valence-electron chi connectivity index (χ1n) is 10.7. The monoisotopic (exact) mass is 421 g/mol. The van der Waals surface area contributed by atoms with Crippen LogP contribution in [0.3, 0.4) is 0 Å². The van der Waals surface area contributed by atoms with E-state index in [0.717, 1.165) is 24.3 Å². The summed E-state index contributed by atoms with van der Waals surface area (Å²) in [6, 6.07) is 14.5. The van der Waals surface area contributed by atoms with E-state index in [4.69, 9.17) is 4.74 Å². The van der Waals surface area contributed by atoms with E-state index in [2.05, 4.69) is 10.6 Å². The normalized spacial score (nSPS) is 18.2. The third kappa shape index (κ3) is 5.05. The summed E-state index contributed by atoms with van der Waals surface area (Å²) in [7, 11) is 0. The molecule has 0 radical (unpaired) electrons. The Kier molecular flexibility index (Phi) is 5.93. The lowest BCUT2D eigenvalue weighted by atomic mass is 10.1. The van der Waals surface area contributed by atoms with Crippen molar-refractivity contribution < 1.29 is 19.1 Å². The van der Waals surface area contributed by atoms with Gasteiger partial charge in [0.15, 0.2) is 0 Å². The molecule has 162 valence electrons. The van der Waals surface area contributed by atoms with Gasteiger partial charge in [0.2, 0.25) is 11.8 Å². The first-order chi connectivity index (χ1) is 14.9. The van der Waals surface area contributed by atoms with E-state index in [1.165, 1.54) is 0 Å². The molecular weight excluding hydrogens is 394 g/mol. The van der Waals surface area contributed by atoms with Crippen LogP contribution in [-0.4, -0.2) is 36.4 Å². The second-order valence-electron chi connectivity index (χ2n) is 8.35. The van der Waals surface area contributed by atoms with Gasteiger partial charge in [-0.1, -0.05) is 12.1 Å². The molecule has 1 aliphatic heterocycles. The molecule has 0 unspecified atom stereocenters. The van der Waals surface area contributed by atoms with E-state index in [1.807, 2.05) is 38.1 Å². The van der Waals surface area contributed by atoms with Gasteiger partial charge in [-0.05, 0) is 63.1 Å². The SMILES string of the molecule is CC(C)Oc1ccc(N2C[C@H](C(=O)Nc3ccccc3C(=O)NC3CC3)CC2=O)cc1. The lowest BCUT2D eigenvalue weighted by Gasteiger charge is -2.18. The number of nitrogens with zero attached hydrogens (tertiary/aromatic N) is 1. The molecule has 1 saturated heterocycles. The van der Waals surface area contributed by atoms with Crippen molar-refractivity contribution in [2.45, 2.75) is 45.3 Å². The smallest absolute Gasteiger partial charge is 0.253 e. The average molecular weight is 421 g/mol. The molecule has 0 bridgehead atoms. The molecular formula is C24H27N3O4. The van der Waals surface area contributed by atoms with Gasteiger partial charge in [-0.15, -0.1) is 0 Å². The van der Waals surface area contributed by atoms with Crippen LogP contribution in [0.5, 0.6) is 5.75 Å². The molecule has 2 fully saturated rings. The molecule has 7 nitrogen and oxygen atoms in total. The lowest BCUT2D eigenvalue weighted by Crippen LogP contribution is -2.30. The summed E-state index contributed by atoms with van der Waals surface area (Å²) >= 11 is 0. The van der Waals surface area contributed by atoms with Crippen LogP contribution in [0, 0.1) is 5.92 Å². The maximum atomic E-state index is 12.9. The van der Waals surface area contributed by atoms with Gasteiger partial charge in [0.05, 0.1) is 23.3 Å². The van der Waals surface area contributed by atoms with Gasteiger partial charge in [-0.2, -0.15) is 0 Å². The number of hydrogen-bond donors (Lipinski definition) is 2. The third-order valence-electron chi connectivity index (χ3n) is 5.36. The standard InChI is InChI=1S/C24H27N3O4/c1-15(2)31-19-11-9-18(10-12-19)27-14-16(13-22(27)28)23(29)26-21-6-4-3-5-20(21)24(30)25-17-7-8-17/h3-6,9-12,15-17H,7-8,13-14H2,1-2H3,(H,25,30)(H,26,29)/t16-/m1/s1. The second-order valence-corrected chi connectivity index (χ2v) is 8.35. The van der Waals surface area contributed by atoms with Gasteiger partial charge in [0, 0.05) is 24.7 Å². The molecule has 7 heteroatoms. The highest BCUT2D eigenvalue weighted by molar-refractivity contribution is 6.07. The Morgan fingerprint density at radius 2 is 1.77 bits per heavy atom. The van der Waals surface area contributed by atoms with Crippen LogP contribution in [0.25, 0.3) is 0 Å². The molecule has 2 aliphatic rings. The Morgan fingerprint density at radius 3 is 2.45 bits per heavy atom. The van der Waals surface area contributed by atoms with Gasteiger partial charge in [-0.3, -0.25) is 14.4 Å². The van der Waals surface area contributed by atoms with Gasteiger partial charge in [0.1, 0.15) is 5.75 Å². The van der Waals surface area contributed by atoms with E-state index in [-0.39, 0.29) is 36.3 Å². The fourth-order valence-corrected chi connectivity index (χ4v) is 3.63. The van der Waals surface area contributed by atoms with Crippen molar-refractivity contribution in [1.82, 2.24) is 5.32 Å². The van der Waals surface area contributed by atoms with Crippen molar-refractivity contribution in [3.8, 4) is 5.75 Å². The molecule has 2 aromatic rings. The zero-order valence-electron chi connectivity index (χ0n) is 17.8. The van der Waals surface area contributed by atoms with Gasteiger partial charge in [-0.25, -0.2) is 0 Å². The predicted octanol–water partition coefficient (Wildman–Crippen LogP) is 3.36. The zero-order valence-corrected chi connectivity index (χ0v) is 17.8. The number of para-hydroxylation sites is 1. The number of benzene rings is 2. The lowest BCUT2D eigenvalue weighted by molar-refractivity contribution is -0.122. The van der Waals surface area contributed by atoms with Crippen LogP contribution < -0.4 is 20.3 Å². The minimum atomic E-state index is -0.487. The van der Waals surface area contributed by atoms with Crippen molar-refractivity contribution in [2.75, 3.05) is 16.8 Å². The maximum absolute atomic E-state index is 12.9. The molecule has 2 aromatic carbocycles. The molecule has 1 heterocycles. The summed E-state index contributed by atoms with van der Waals surface area (Å²) in [6.45, 7) is 4.20. The van der Waals surface area contributed by atoms with Gasteiger partial charge < -0.3 is 20.3 Å². The van der Waals surface area contributed by atoms with E-state index >= 15 is 0 Å². The Morgan fingerprint density at radius 1 is 1.06 bits per heavy atom. The highest BCUT2D eigenvalue weighted by Crippen LogP contribution is 2.28. The number of carbonyl (C=O) groups excluding carboxylic acids is 3. The highest BCUT2D eigenvalue weighted by atomic mass is 16.5. The Balaban J connectivity index is 1.41. The first-order valence-corrected chi connectivity index (χ1v) is 10.7. The Bertz CT molecular complexity index is 983. The molecule has 1 atom stereocenters. The van der Waals surface area contributed by atoms with Crippen molar-refractivity contribution >= 4 is 29.1 Å². The molecule has 31 heavy (non-hydrogen) atoms. The largest absolute Gasteiger partial charge is 0.491 e. The van der Waals surface area contributed by atoms with E-state index in [9.17, 15) is 14.4 Å². The summed E-state index contributed by atoms with van der Waals surface area (Å²) < 4.78 is 5.64. The molecule has 0 aromatic heterocycles. The highest BCUT2D eigenvalue weighted by Gasteiger charge is 2.35. The molecule has 0 spiro atoms. The number of hydrogen-bond acceptors (Lipinski definition) is 4. The van der Waals surface area contributed by atoms with Crippen molar-refractivity contribution in [3.63, 3.8) is 0 Å². The Labute approximate surface area is 181 Å². The predicted molar refractivity (Wildman–Crippen MR) is 118 cm³/mol. The first kappa shape index (κ1) is 20.9. The summed E-state index contributed by atoms with van der Waals surface area (Å²) in [5.41, 5.74) is 1.64. The number of rotatable bonds is 7. The zero-order chi connectivity index (χ0) is 22.0. The number of nitrogens with one attached hydrogen (secondary N) is 2. The number of carbonyl (C=O) groups is 3. The molecule has 1 aliphatic carbocycles. The quantitative estimate of drug-likeness (QED) is 0.718. The van der Waals surface area contributed by atoms with Crippen LogP contribution >= 0.6 is 0 Å². The minimum Gasteiger partial charge on any atom is -0.491 e. The second kappa shape index (κ2) is 8.79. The summed E-state index contributed by atoms with van der Waals surface area (Å²) in [6.07, 6.45) is 2.18. The van der Waals surface area contributed by atoms with Crippen LogP contribution in [-0.2, 0) is 9.59 Å². The van der Waals surface area contributed by atoms with Crippen LogP contribution in [0.1, 0.15) is 43.5 Å². The number of ether oxygens (including phenoxy) is 1. The molecule has 2 N–H and O–H groups in total. The fourth-order valence-electron chi connectivity index (χ4n) is 3.63. The van der Waals surface area contributed by atoms with Crippen LogP contribution in [0.2, 0.25) is 0 Å². The summed E-state index contributed by atoms with van der Waals surface area (Å²) in [5, 5.41) is 5.79. The van der Waals surface area contributed by atoms with E-state index in [1.54, 1.807) is 29.2 Å². The molecule has 3 amide bonds. The van der Waals surface area contributed by atoms with Crippen molar-refractivity contribution in [2.24, 2.45) is 5.92 Å². The van der Waals surface area contributed by atoms with E-state index in [0.29, 0.717) is 17.8 Å². The topological polar surface area (TPSA) is 87.7 Å². The number of anilines is 2. The van der Waals surface area contributed by atoms with Gasteiger partial charge in [0.25, 0.3) is 5.91 Å². The Hall–Kier alpha value is -3.35. The van der Waals surface area contributed by atoms with Crippen LogP contribution in [0.15, 0.2) is 48.5 Å². The van der Waals surface area contributed by atoms with E-state index < -0.39 is 5.92 Å². The van der Waals surface area contributed by atoms with Crippen LogP contribution in [0.4, 0.5) is 11.4 Å². The minimum absolute atomic E-state index is 0.0709. The van der Waals surface area contributed by atoms with Crippen molar-refractivity contribution in [1.29, 1.82) is 0 Å². The fraction of sp³-hybridized carbons (Fsp3) is 0.375. The summed E-state index contributed by atoms with van der Waals surface area (Å²) in [5.74, 6) is -0.301.